The Hall–Kier alpha value is -0.290. The lowest BCUT2D eigenvalue weighted by atomic mass is 9.95. The molecule has 106 valence electrons. The maximum Gasteiger partial charge on any atom is 0.115 e. The van der Waals surface area contributed by atoms with Crippen LogP contribution in [0.5, 0.6) is 0 Å². The quantitative estimate of drug-likeness (QED) is 0.760. The lowest BCUT2D eigenvalue weighted by Crippen LogP contribution is -2.55. The minimum atomic E-state index is -0.209. The summed E-state index contributed by atoms with van der Waals surface area (Å²) in [7, 11) is 0. The first kappa shape index (κ1) is 15.1. The zero-order chi connectivity index (χ0) is 13.9. The molecule has 0 spiro atoms. The summed E-state index contributed by atoms with van der Waals surface area (Å²) in [5.74, 6) is 1.36. The summed E-state index contributed by atoms with van der Waals surface area (Å²) >= 11 is 7.75. The van der Waals surface area contributed by atoms with Crippen molar-refractivity contribution in [3.63, 3.8) is 0 Å². The van der Waals surface area contributed by atoms with Gasteiger partial charge in [-0.2, -0.15) is 0 Å². The number of aliphatic hydroxyl groups is 1. The van der Waals surface area contributed by atoms with Crippen LogP contribution in [-0.4, -0.2) is 34.0 Å². The molecule has 0 radical (unpaired) electrons. The summed E-state index contributed by atoms with van der Waals surface area (Å²) in [6.45, 7) is 4.39. The van der Waals surface area contributed by atoms with Crippen molar-refractivity contribution in [2.45, 2.75) is 43.3 Å². The number of aromatic nitrogens is 1. The summed E-state index contributed by atoms with van der Waals surface area (Å²) in [6, 6.07) is 4.04. The van der Waals surface area contributed by atoms with Crippen LogP contribution in [0.15, 0.2) is 23.4 Å². The second kappa shape index (κ2) is 6.44. The molecular formula is C14H21ClN2OS. The molecule has 1 aromatic heterocycles. The zero-order valence-electron chi connectivity index (χ0n) is 11.4. The Morgan fingerprint density at radius 3 is 2.84 bits per heavy atom. The Labute approximate surface area is 124 Å². The predicted octanol–water partition coefficient (Wildman–Crippen LogP) is 2.97. The summed E-state index contributed by atoms with van der Waals surface area (Å²) in [5.41, 5.74) is -0.209. The molecular weight excluding hydrogens is 280 g/mol. The highest BCUT2D eigenvalue weighted by molar-refractivity contribution is 7.99. The van der Waals surface area contributed by atoms with E-state index in [4.69, 9.17) is 11.6 Å². The fraction of sp³-hybridized carbons (Fsp3) is 0.643. The van der Waals surface area contributed by atoms with E-state index in [1.54, 1.807) is 18.0 Å². The first-order valence-electron chi connectivity index (χ1n) is 6.69. The number of halogens is 1. The molecule has 0 amide bonds. The number of rotatable bonds is 7. The van der Waals surface area contributed by atoms with Gasteiger partial charge in [0.15, 0.2) is 0 Å². The van der Waals surface area contributed by atoms with Gasteiger partial charge in [-0.15, -0.1) is 11.8 Å². The maximum atomic E-state index is 9.85. The number of pyridine rings is 1. The lowest BCUT2D eigenvalue weighted by Gasteiger charge is -2.35. The molecule has 1 aromatic rings. The van der Waals surface area contributed by atoms with Crippen LogP contribution in [0.2, 0.25) is 5.02 Å². The van der Waals surface area contributed by atoms with Crippen LogP contribution in [0, 0.1) is 5.92 Å². The highest BCUT2D eigenvalue weighted by atomic mass is 35.5. The summed E-state index contributed by atoms with van der Waals surface area (Å²) in [5, 5.41) is 14.9. The number of hydrogen-bond donors (Lipinski definition) is 2. The van der Waals surface area contributed by atoms with E-state index < -0.39 is 0 Å². The average molecular weight is 301 g/mol. The molecule has 0 bridgehead atoms. The van der Waals surface area contributed by atoms with Crippen LogP contribution in [0.1, 0.15) is 26.7 Å². The number of thioether (sulfide) groups is 1. The highest BCUT2D eigenvalue weighted by Gasteiger charge is 2.45. The van der Waals surface area contributed by atoms with Crippen LogP contribution < -0.4 is 5.32 Å². The van der Waals surface area contributed by atoms with Crippen molar-refractivity contribution in [2.24, 2.45) is 5.92 Å². The van der Waals surface area contributed by atoms with Gasteiger partial charge in [0, 0.05) is 18.0 Å². The molecule has 1 heterocycles. The number of aliphatic hydroxyl groups excluding tert-OH is 1. The molecule has 1 atom stereocenters. The van der Waals surface area contributed by atoms with Gasteiger partial charge in [0.2, 0.25) is 0 Å². The fourth-order valence-electron chi connectivity index (χ4n) is 2.38. The molecule has 3 nitrogen and oxygen atoms in total. The van der Waals surface area contributed by atoms with E-state index in [-0.39, 0.29) is 12.1 Å². The third-order valence-corrected chi connectivity index (χ3v) is 5.08. The van der Waals surface area contributed by atoms with Gasteiger partial charge in [0.1, 0.15) is 5.03 Å². The second-order valence-electron chi connectivity index (χ2n) is 5.47. The van der Waals surface area contributed by atoms with E-state index in [0.29, 0.717) is 17.0 Å². The van der Waals surface area contributed by atoms with Gasteiger partial charge < -0.3 is 10.4 Å². The molecule has 1 fully saturated rings. The molecule has 1 aliphatic rings. The third-order valence-electron chi connectivity index (χ3n) is 3.41. The molecule has 0 saturated heterocycles. The smallest absolute Gasteiger partial charge is 0.115 e. The van der Waals surface area contributed by atoms with E-state index in [0.717, 1.165) is 10.8 Å². The molecule has 2 N–H and O–H groups in total. The normalized spacial score (nSPS) is 18.6. The minimum Gasteiger partial charge on any atom is -0.394 e. The van der Waals surface area contributed by atoms with Crippen molar-refractivity contribution in [1.29, 1.82) is 0 Å². The highest BCUT2D eigenvalue weighted by Crippen LogP contribution is 2.42. The first-order valence-corrected chi connectivity index (χ1v) is 8.05. The maximum absolute atomic E-state index is 9.85. The summed E-state index contributed by atoms with van der Waals surface area (Å²) < 4.78 is 0. The third kappa shape index (κ3) is 3.85. The van der Waals surface area contributed by atoms with Crippen molar-refractivity contribution in [2.75, 3.05) is 12.4 Å². The largest absolute Gasteiger partial charge is 0.394 e. The van der Waals surface area contributed by atoms with Crippen molar-refractivity contribution in [3.8, 4) is 0 Å². The Kier molecular flexibility index (Phi) is 5.12. The molecule has 2 rings (SSSR count). The molecule has 1 unspecified atom stereocenters. The van der Waals surface area contributed by atoms with Crippen LogP contribution in [0.4, 0.5) is 0 Å². The van der Waals surface area contributed by atoms with E-state index in [2.05, 4.69) is 24.1 Å². The van der Waals surface area contributed by atoms with Crippen LogP contribution in [-0.2, 0) is 0 Å². The molecule has 0 aliphatic heterocycles. The van der Waals surface area contributed by atoms with Gasteiger partial charge in [0.05, 0.1) is 17.2 Å². The van der Waals surface area contributed by atoms with Crippen LogP contribution >= 0.6 is 23.4 Å². The van der Waals surface area contributed by atoms with Crippen LogP contribution in [0.3, 0.4) is 0 Å². The molecule has 0 aromatic carbocycles. The zero-order valence-corrected chi connectivity index (χ0v) is 13.0. The fourth-order valence-corrected chi connectivity index (χ4v) is 3.81. The Morgan fingerprint density at radius 1 is 1.58 bits per heavy atom. The Morgan fingerprint density at radius 2 is 2.32 bits per heavy atom. The second-order valence-corrected chi connectivity index (χ2v) is 6.84. The molecule has 1 aliphatic carbocycles. The van der Waals surface area contributed by atoms with Gasteiger partial charge in [-0.25, -0.2) is 4.98 Å². The average Bonchev–Trinajstić information content (AvgIpc) is 3.20. The topological polar surface area (TPSA) is 45.1 Å². The summed E-state index contributed by atoms with van der Waals surface area (Å²) in [4.78, 5) is 4.30. The predicted molar refractivity (Wildman–Crippen MR) is 80.8 cm³/mol. The number of nitrogens with zero attached hydrogens (tertiary/aromatic N) is 1. The number of hydrogen-bond acceptors (Lipinski definition) is 4. The van der Waals surface area contributed by atoms with Gasteiger partial charge in [0.25, 0.3) is 0 Å². The lowest BCUT2D eigenvalue weighted by molar-refractivity contribution is 0.150. The molecule has 5 heteroatoms. The Balaban J connectivity index is 2.06. The van der Waals surface area contributed by atoms with E-state index in [9.17, 15) is 5.11 Å². The SMILES string of the molecule is CC(C)NC(CO)(CSc1ncccc1Cl)C1CC1. The van der Waals surface area contributed by atoms with Crippen molar-refractivity contribution < 1.29 is 5.11 Å². The van der Waals surface area contributed by atoms with Gasteiger partial charge in [-0.1, -0.05) is 25.4 Å². The van der Waals surface area contributed by atoms with E-state index in [1.807, 2.05) is 12.1 Å². The Bertz CT molecular complexity index is 426. The van der Waals surface area contributed by atoms with E-state index in [1.165, 1.54) is 12.8 Å². The van der Waals surface area contributed by atoms with Gasteiger partial charge in [-0.05, 0) is 30.9 Å². The van der Waals surface area contributed by atoms with E-state index >= 15 is 0 Å². The van der Waals surface area contributed by atoms with Gasteiger partial charge >= 0.3 is 0 Å². The number of nitrogens with one attached hydrogen (secondary N) is 1. The molecule has 19 heavy (non-hydrogen) atoms. The standard InChI is InChI=1S/C14H21ClN2OS/c1-10(2)17-14(8-18,11-5-6-11)9-19-13-12(15)4-3-7-16-13/h3-4,7,10-11,17-18H,5-6,8-9H2,1-2H3. The van der Waals surface area contributed by atoms with Crippen molar-refractivity contribution in [1.82, 2.24) is 10.3 Å². The minimum absolute atomic E-state index is 0.160. The van der Waals surface area contributed by atoms with Crippen molar-refractivity contribution in [3.05, 3.63) is 23.4 Å². The first-order chi connectivity index (χ1) is 9.07. The monoisotopic (exact) mass is 300 g/mol. The van der Waals surface area contributed by atoms with Gasteiger partial charge in [-0.3, -0.25) is 0 Å². The summed E-state index contributed by atoms with van der Waals surface area (Å²) in [6.07, 6.45) is 4.13. The molecule has 1 saturated carbocycles. The van der Waals surface area contributed by atoms with Crippen LogP contribution in [0.25, 0.3) is 0 Å². The van der Waals surface area contributed by atoms with Crippen molar-refractivity contribution >= 4 is 23.4 Å².